The Hall–Kier alpha value is -0.650. The van der Waals surface area contributed by atoms with E-state index in [4.69, 9.17) is 0 Å². The van der Waals surface area contributed by atoms with E-state index < -0.39 is 23.3 Å². The van der Waals surface area contributed by atoms with Crippen LogP contribution in [0.25, 0.3) is 0 Å². The van der Waals surface area contributed by atoms with E-state index in [9.17, 15) is 14.7 Å². The first-order valence-electron chi connectivity index (χ1n) is 7.21. The number of allylic oxidation sites excluding steroid dienone is 1. The van der Waals surface area contributed by atoms with Crippen LogP contribution in [0.15, 0.2) is 17.6 Å². The van der Waals surface area contributed by atoms with Crippen LogP contribution < -0.4 is 40.0 Å². The fourth-order valence-electron chi connectivity index (χ4n) is 2.69. The van der Waals surface area contributed by atoms with Gasteiger partial charge in [0.25, 0.3) is 5.91 Å². The van der Waals surface area contributed by atoms with E-state index in [1.54, 1.807) is 6.08 Å². The van der Waals surface area contributed by atoms with Crippen LogP contribution in [-0.2, 0) is 9.59 Å². The smallest absolute Gasteiger partial charge is 0.846 e. The molecule has 0 fully saturated rings. The van der Waals surface area contributed by atoms with Crippen molar-refractivity contribution in [2.45, 2.75) is 52.4 Å². The van der Waals surface area contributed by atoms with Crippen LogP contribution in [0.1, 0.15) is 52.4 Å². The predicted octanol–water partition coefficient (Wildman–Crippen LogP) is -1.47. The van der Waals surface area contributed by atoms with Gasteiger partial charge in [-0.25, -0.2) is 4.99 Å². The standard InChI is InChI=1S/C15H24N2O3.Na/c1-4-6-7-8-9-11(3)15(10-5-2)12(18)16-14(20)17-13(15)19;/h5,11H,2,4,6-10H2,1,3H3,(H2,16,17,18,19,20);/q;+1/p-1. The molecule has 2 atom stereocenters. The second kappa shape index (κ2) is 9.38. The third-order valence-electron chi connectivity index (χ3n) is 4.01. The van der Waals surface area contributed by atoms with Gasteiger partial charge in [-0.05, 0) is 18.8 Å². The van der Waals surface area contributed by atoms with E-state index >= 15 is 0 Å². The van der Waals surface area contributed by atoms with Gasteiger partial charge in [0.2, 0.25) is 5.91 Å². The van der Waals surface area contributed by atoms with Crippen molar-refractivity contribution >= 4 is 17.8 Å². The summed E-state index contributed by atoms with van der Waals surface area (Å²) in [7, 11) is 0. The summed E-state index contributed by atoms with van der Waals surface area (Å²) in [6.45, 7) is 7.62. The summed E-state index contributed by atoms with van der Waals surface area (Å²) in [5.74, 6) is -1.33. The minimum atomic E-state index is -1.26. The molecule has 2 amide bonds. The monoisotopic (exact) mass is 302 g/mol. The fourth-order valence-corrected chi connectivity index (χ4v) is 2.69. The maximum Gasteiger partial charge on any atom is 1.00 e. The molecule has 112 valence electrons. The minimum absolute atomic E-state index is 0. The molecule has 0 saturated heterocycles. The van der Waals surface area contributed by atoms with Gasteiger partial charge in [-0.2, -0.15) is 0 Å². The van der Waals surface area contributed by atoms with Crippen LogP contribution in [-0.4, -0.2) is 17.8 Å². The number of amidine groups is 1. The first-order valence-corrected chi connectivity index (χ1v) is 7.21. The SMILES string of the molecule is C=CCC1(C(C)CCCCCC)C(=O)N=C([O-])NC1=O.[Na+]. The summed E-state index contributed by atoms with van der Waals surface area (Å²) >= 11 is 0. The molecule has 0 aromatic heterocycles. The third kappa shape index (κ3) is 4.66. The van der Waals surface area contributed by atoms with Crippen molar-refractivity contribution < 1.29 is 44.3 Å². The van der Waals surface area contributed by atoms with E-state index in [-0.39, 0.29) is 41.9 Å². The molecule has 0 radical (unpaired) electrons. The van der Waals surface area contributed by atoms with Crippen LogP contribution in [0.5, 0.6) is 0 Å². The average Bonchev–Trinajstić information content (AvgIpc) is 2.38. The zero-order chi connectivity index (χ0) is 15.2. The molecule has 21 heavy (non-hydrogen) atoms. The van der Waals surface area contributed by atoms with Gasteiger partial charge < -0.3 is 10.4 Å². The largest absolute Gasteiger partial charge is 1.00 e. The quantitative estimate of drug-likeness (QED) is 0.257. The van der Waals surface area contributed by atoms with Crippen molar-refractivity contribution in [3.8, 4) is 0 Å². The molecule has 0 bridgehead atoms. The molecule has 1 N–H and O–H groups in total. The van der Waals surface area contributed by atoms with Crippen LogP contribution >= 0.6 is 0 Å². The molecule has 1 heterocycles. The second-order valence-corrected chi connectivity index (χ2v) is 5.39. The van der Waals surface area contributed by atoms with E-state index in [0.717, 1.165) is 32.1 Å². The summed E-state index contributed by atoms with van der Waals surface area (Å²) in [6, 6.07) is -0.863. The minimum Gasteiger partial charge on any atom is -0.846 e. The molecule has 6 heteroatoms. The van der Waals surface area contributed by atoms with Crippen LogP contribution in [0.3, 0.4) is 0 Å². The fraction of sp³-hybridized carbons (Fsp3) is 0.667. The maximum atomic E-state index is 12.2. The maximum absolute atomic E-state index is 12.2. The summed E-state index contributed by atoms with van der Waals surface area (Å²) in [4.78, 5) is 27.8. The van der Waals surface area contributed by atoms with E-state index in [1.807, 2.05) is 6.92 Å². The molecule has 1 aliphatic rings. The van der Waals surface area contributed by atoms with Crippen LogP contribution in [0.2, 0.25) is 0 Å². The number of hydrogen-bond donors (Lipinski definition) is 1. The Balaban J connectivity index is 0.00000400. The molecular formula is C15H23N2NaO3. The van der Waals surface area contributed by atoms with Gasteiger partial charge in [0.05, 0.1) is 6.02 Å². The van der Waals surface area contributed by atoms with Crippen molar-refractivity contribution in [1.82, 2.24) is 5.32 Å². The Kier molecular flexibility index (Phi) is 9.09. The summed E-state index contributed by atoms with van der Waals surface area (Å²) in [5.41, 5.74) is -1.26. The molecular weight excluding hydrogens is 279 g/mol. The number of amides is 2. The molecule has 1 rings (SSSR count). The number of unbranched alkanes of at least 4 members (excludes halogenated alkanes) is 3. The average molecular weight is 302 g/mol. The van der Waals surface area contributed by atoms with Crippen molar-refractivity contribution in [1.29, 1.82) is 0 Å². The number of rotatable bonds is 8. The molecule has 0 aromatic carbocycles. The Morgan fingerprint density at radius 3 is 2.57 bits per heavy atom. The van der Waals surface area contributed by atoms with Gasteiger partial charge in [-0.15, -0.1) is 6.58 Å². The molecule has 0 aromatic rings. The van der Waals surface area contributed by atoms with Crippen molar-refractivity contribution in [3.63, 3.8) is 0 Å². The van der Waals surface area contributed by atoms with Gasteiger partial charge in [-0.1, -0.05) is 45.6 Å². The zero-order valence-corrected chi connectivity index (χ0v) is 15.3. The first-order chi connectivity index (χ1) is 9.48. The van der Waals surface area contributed by atoms with Gasteiger partial charge in [0, 0.05) is 0 Å². The molecule has 2 unspecified atom stereocenters. The number of nitrogens with zero attached hydrogens (tertiary/aromatic N) is 1. The number of nitrogens with one attached hydrogen (secondary N) is 1. The van der Waals surface area contributed by atoms with Crippen molar-refractivity contribution in [2.75, 3.05) is 0 Å². The van der Waals surface area contributed by atoms with E-state index in [2.05, 4.69) is 23.8 Å². The first kappa shape index (κ1) is 20.3. The van der Waals surface area contributed by atoms with E-state index in [0.29, 0.717) is 0 Å². The Morgan fingerprint density at radius 1 is 1.38 bits per heavy atom. The predicted molar refractivity (Wildman–Crippen MR) is 75.8 cm³/mol. The normalized spacial score (nSPS) is 22.9. The number of hydrogen-bond acceptors (Lipinski definition) is 3. The van der Waals surface area contributed by atoms with Gasteiger partial charge in [0.15, 0.2) is 0 Å². The van der Waals surface area contributed by atoms with Gasteiger partial charge in [-0.3, -0.25) is 9.59 Å². The van der Waals surface area contributed by atoms with Gasteiger partial charge >= 0.3 is 29.6 Å². The summed E-state index contributed by atoms with van der Waals surface area (Å²) in [5, 5.41) is 13.3. The number of carbonyl (C=O) groups excluding carboxylic acids is 2. The Bertz CT molecular complexity index is 423. The Labute approximate surface area is 148 Å². The summed E-state index contributed by atoms with van der Waals surface area (Å²) in [6.07, 6.45) is 6.84. The molecule has 5 nitrogen and oxygen atoms in total. The van der Waals surface area contributed by atoms with Gasteiger partial charge in [0.1, 0.15) is 5.41 Å². The second-order valence-electron chi connectivity index (χ2n) is 5.39. The van der Waals surface area contributed by atoms with Crippen molar-refractivity contribution in [2.24, 2.45) is 16.3 Å². The van der Waals surface area contributed by atoms with Crippen LogP contribution in [0.4, 0.5) is 0 Å². The van der Waals surface area contributed by atoms with Crippen LogP contribution in [0, 0.1) is 11.3 Å². The molecule has 0 saturated carbocycles. The van der Waals surface area contributed by atoms with E-state index in [1.165, 1.54) is 0 Å². The van der Waals surface area contributed by atoms with Crippen molar-refractivity contribution in [3.05, 3.63) is 12.7 Å². The third-order valence-corrected chi connectivity index (χ3v) is 4.01. The number of carbonyl (C=O) groups is 2. The number of aliphatic imine (C=N–C) groups is 1. The topological polar surface area (TPSA) is 81.6 Å². The summed E-state index contributed by atoms with van der Waals surface area (Å²) < 4.78 is 0. The molecule has 0 aliphatic carbocycles. The molecule has 0 spiro atoms. The zero-order valence-electron chi connectivity index (χ0n) is 13.3. The molecule has 1 aliphatic heterocycles. The Morgan fingerprint density at radius 2 is 2.05 bits per heavy atom.